The van der Waals surface area contributed by atoms with Crippen LogP contribution < -0.4 is 0 Å². The van der Waals surface area contributed by atoms with Crippen molar-refractivity contribution in [2.75, 3.05) is 0 Å². The third-order valence-corrected chi connectivity index (χ3v) is 12.0. The highest BCUT2D eigenvalue weighted by atomic mass is 16.3. The Hall–Kier alpha value is -6.64. The van der Waals surface area contributed by atoms with Gasteiger partial charge in [0.05, 0.1) is 0 Å². The maximum absolute atomic E-state index is 6.56. The monoisotopic (exact) mass is 676 g/mol. The van der Waals surface area contributed by atoms with Crippen LogP contribution in [0.15, 0.2) is 167 Å². The summed E-state index contributed by atoms with van der Waals surface area (Å²) in [4.78, 5) is 0. The molecule has 2 heterocycles. The van der Waals surface area contributed by atoms with Crippen LogP contribution in [0.4, 0.5) is 0 Å². The van der Waals surface area contributed by atoms with Gasteiger partial charge in [-0.3, -0.25) is 0 Å². The van der Waals surface area contributed by atoms with Gasteiger partial charge in [-0.15, -0.1) is 0 Å². The van der Waals surface area contributed by atoms with Gasteiger partial charge in [-0.05, 0) is 114 Å². The molecular formula is C51H32O2. The van der Waals surface area contributed by atoms with Crippen molar-refractivity contribution >= 4 is 76.2 Å². The molecule has 11 aromatic rings. The van der Waals surface area contributed by atoms with Crippen LogP contribution in [-0.2, 0) is 5.41 Å². The minimum atomic E-state index is -0.0698. The Bertz CT molecular complexity index is 3310. The van der Waals surface area contributed by atoms with E-state index >= 15 is 0 Å². The lowest BCUT2D eigenvalue weighted by atomic mass is 9.80. The molecule has 0 aliphatic heterocycles. The molecule has 9 aromatic carbocycles. The topological polar surface area (TPSA) is 26.3 Å². The van der Waals surface area contributed by atoms with Crippen molar-refractivity contribution in [2.45, 2.75) is 19.3 Å². The third-order valence-electron chi connectivity index (χ3n) is 12.0. The second kappa shape index (κ2) is 10.2. The SMILES string of the molecule is CC1(C)c2ccccc2-c2ccc(-c3c4ccccc4c(-c4ccc5oc6cc7c(ccc8c9ccccc9oc78)cc6c5c4)c4ccccc34)cc21. The molecule has 0 saturated heterocycles. The number of benzene rings is 9. The van der Waals surface area contributed by atoms with Gasteiger partial charge in [-0.1, -0.05) is 129 Å². The van der Waals surface area contributed by atoms with Crippen LogP contribution in [0.2, 0.25) is 0 Å². The van der Waals surface area contributed by atoms with E-state index in [4.69, 9.17) is 8.83 Å². The number of hydrogen-bond acceptors (Lipinski definition) is 2. The normalized spacial score (nSPS) is 13.6. The predicted molar refractivity (Wildman–Crippen MR) is 222 cm³/mol. The third kappa shape index (κ3) is 3.87. The van der Waals surface area contributed by atoms with Crippen molar-refractivity contribution in [1.82, 2.24) is 0 Å². The molecule has 0 amide bonds. The van der Waals surface area contributed by atoms with Crippen LogP contribution in [0.5, 0.6) is 0 Å². The molecule has 248 valence electrons. The van der Waals surface area contributed by atoms with Crippen molar-refractivity contribution in [3.8, 4) is 33.4 Å². The first-order chi connectivity index (χ1) is 26.0. The van der Waals surface area contributed by atoms with Crippen LogP contribution in [0.25, 0.3) is 110 Å². The molecule has 0 saturated carbocycles. The fraction of sp³-hybridized carbons (Fsp3) is 0.0588. The summed E-state index contributed by atoms with van der Waals surface area (Å²) < 4.78 is 13.0. The predicted octanol–water partition coefficient (Wildman–Crippen LogP) is 14.6. The standard InChI is InChI=1S/C51H32O2/c1-51(2)43-17-9-7-11-32(43)33-22-20-31(27-44(33)51)49-37-15-5-3-13-35(37)48(36-14-4-6-16-38(36)49)30-21-24-46-41(26-30)42-25-29-19-23-39-34-12-8-10-18-45(34)53-50(39)40(29)28-47(42)52-46/h3-28H,1-2H3. The van der Waals surface area contributed by atoms with Crippen molar-refractivity contribution < 1.29 is 8.83 Å². The molecule has 0 radical (unpaired) electrons. The smallest absolute Gasteiger partial charge is 0.143 e. The zero-order valence-electron chi connectivity index (χ0n) is 29.3. The maximum Gasteiger partial charge on any atom is 0.143 e. The summed E-state index contributed by atoms with van der Waals surface area (Å²) in [5.41, 5.74) is 13.9. The average molecular weight is 677 g/mol. The summed E-state index contributed by atoms with van der Waals surface area (Å²) in [6.45, 7) is 4.72. The second-order valence-corrected chi connectivity index (χ2v) is 15.2. The molecule has 1 aliphatic rings. The number of furan rings is 2. The molecule has 1 aliphatic carbocycles. The van der Waals surface area contributed by atoms with Crippen LogP contribution in [0, 0.1) is 0 Å². The number of hydrogen-bond donors (Lipinski definition) is 0. The minimum Gasteiger partial charge on any atom is -0.456 e. The van der Waals surface area contributed by atoms with Gasteiger partial charge in [0.1, 0.15) is 22.3 Å². The fourth-order valence-corrected chi connectivity index (χ4v) is 9.54. The van der Waals surface area contributed by atoms with E-state index in [-0.39, 0.29) is 5.41 Å². The lowest BCUT2D eigenvalue weighted by Crippen LogP contribution is -2.14. The highest BCUT2D eigenvalue weighted by molar-refractivity contribution is 6.23. The van der Waals surface area contributed by atoms with E-state index in [0.717, 1.165) is 54.6 Å². The summed E-state index contributed by atoms with van der Waals surface area (Å²) in [6, 6.07) is 57.6. The van der Waals surface area contributed by atoms with Crippen LogP contribution in [0.1, 0.15) is 25.0 Å². The van der Waals surface area contributed by atoms with Gasteiger partial charge in [0.25, 0.3) is 0 Å². The van der Waals surface area contributed by atoms with Crippen LogP contribution >= 0.6 is 0 Å². The molecular weight excluding hydrogens is 645 g/mol. The molecule has 0 spiro atoms. The Kier molecular flexibility index (Phi) is 5.60. The Morgan fingerprint density at radius 2 is 0.943 bits per heavy atom. The molecule has 0 atom stereocenters. The molecule has 2 nitrogen and oxygen atoms in total. The molecule has 0 unspecified atom stereocenters. The quantitative estimate of drug-likeness (QED) is 0.170. The summed E-state index contributed by atoms with van der Waals surface area (Å²) in [7, 11) is 0. The van der Waals surface area contributed by atoms with E-state index < -0.39 is 0 Å². The zero-order valence-corrected chi connectivity index (χ0v) is 29.3. The largest absolute Gasteiger partial charge is 0.456 e. The highest BCUT2D eigenvalue weighted by Gasteiger charge is 2.35. The summed E-state index contributed by atoms with van der Waals surface area (Å²) in [5, 5.41) is 11.7. The average Bonchev–Trinajstić information content (AvgIpc) is 3.83. The van der Waals surface area contributed by atoms with E-state index in [9.17, 15) is 0 Å². The summed E-state index contributed by atoms with van der Waals surface area (Å²) in [6.07, 6.45) is 0. The van der Waals surface area contributed by atoms with E-state index in [1.807, 2.05) is 12.1 Å². The van der Waals surface area contributed by atoms with Crippen LogP contribution in [-0.4, -0.2) is 0 Å². The van der Waals surface area contributed by atoms with Gasteiger partial charge in [0, 0.05) is 32.3 Å². The Morgan fingerprint density at radius 3 is 1.70 bits per heavy atom. The number of para-hydroxylation sites is 1. The van der Waals surface area contributed by atoms with Gasteiger partial charge >= 0.3 is 0 Å². The molecule has 53 heavy (non-hydrogen) atoms. The lowest BCUT2D eigenvalue weighted by Gasteiger charge is -2.23. The molecule has 0 fully saturated rings. The highest BCUT2D eigenvalue weighted by Crippen LogP contribution is 2.51. The maximum atomic E-state index is 6.56. The molecule has 2 aromatic heterocycles. The van der Waals surface area contributed by atoms with E-state index in [2.05, 4.69) is 159 Å². The van der Waals surface area contributed by atoms with Crippen molar-refractivity contribution in [3.05, 3.63) is 169 Å². The fourth-order valence-electron chi connectivity index (χ4n) is 9.54. The van der Waals surface area contributed by atoms with E-state index in [1.54, 1.807) is 0 Å². The first-order valence-electron chi connectivity index (χ1n) is 18.4. The van der Waals surface area contributed by atoms with E-state index in [0.29, 0.717) is 0 Å². The second-order valence-electron chi connectivity index (χ2n) is 15.2. The van der Waals surface area contributed by atoms with Crippen LogP contribution in [0.3, 0.4) is 0 Å². The van der Waals surface area contributed by atoms with Gasteiger partial charge < -0.3 is 8.83 Å². The zero-order chi connectivity index (χ0) is 35.0. The minimum absolute atomic E-state index is 0.0698. The lowest BCUT2D eigenvalue weighted by molar-refractivity contribution is 0.660. The number of fused-ring (bicyclic) bond motifs is 13. The molecule has 0 bridgehead atoms. The number of rotatable bonds is 2. The van der Waals surface area contributed by atoms with Gasteiger partial charge in [0.2, 0.25) is 0 Å². The Labute approximate surface area is 305 Å². The molecule has 12 rings (SSSR count). The van der Waals surface area contributed by atoms with Crippen molar-refractivity contribution in [3.63, 3.8) is 0 Å². The van der Waals surface area contributed by atoms with Gasteiger partial charge in [-0.25, -0.2) is 0 Å². The first kappa shape index (κ1) is 29.0. The Morgan fingerprint density at radius 1 is 0.358 bits per heavy atom. The molecule has 0 N–H and O–H groups in total. The van der Waals surface area contributed by atoms with Gasteiger partial charge in [0.15, 0.2) is 0 Å². The first-order valence-corrected chi connectivity index (χ1v) is 18.4. The Balaban J connectivity index is 1.08. The van der Waals surface area contributed by atoms with Crippen molar-refractivity contribution in [2.24, 2.45) is 0 Å². The van der Waals surface area contributed by atoms with Gasteiger partial charge in [-0.2, -0.15) is 0 Å². The summed E-state index contributed by atoms with van der Waals surface area (Å²) >= 11 is 0. The molecule has 2 heteroatoms. The van der Waals surface area contributed by atoms with E-state index in [1.165, 1.54) is 66.1 Å². The summed E-state index contributed by atoms with van der Waals surface area (Å²) in [5.74, 6) is 0. The van der Waals surface area contributed by atoms with Crippen molar-refractivity contribution in [1.29, 1.82) is 0 Å².